The summed E-state index contributed by atoms with van der Waals surface area (Å²) in [5.41, 5.74) is 8.48. The summed E-state index contributed by atoms with van der Waals surface area (Å²) in [5, 5.41) is 15.8. The maximum absolute atomic E-state index is 12.8. The van der Waals surface area contributed by atoms with E-state index in [-0.39, 0.29) is 22.2 Å². The normalized spacial score (nSPS) is 16.7. The van der Waals surface area contributed by atoms with Crippen molar-refractivity contribution in [2.24, 2.45) is 11.1 Å². The summed E-state index contributed by atoms with van der Waals surface area (Å²) in [6, 6.07) is 15.5. The van der Waals surface area contributed by atoms with Gasteiger partial charge < -0.3 is 15.3 Å². The molecule has 3 aromatic rings. The van der Waals surface area contributed by atoms with Crippen LogP contribution in [0.1, 0.15) is 66.9 Å². The number of aryl methyl sites for hydroxylation is 1. The number of rotatable bonds is 4. The van der Waals surface area contributed by atoms with Crippen LogP contribution in [-0.2, 0) is 22.9 Å². The third kappa shape index (κ3) is 6.13. The highest BCUT2D eigenvalue weighted by Crippen LogP contribution is 2.48. The zero-order valence-corrected chi connectivity index (χ0v) is 20.5. The summed E-state index contributed by atoms with van der Waals surface area (Å²) in [4.78, 5) is 12.9. The quantitative estimate of drug-likeness (QED) is 0.456. The van der Waals surface area contributed by atoms with Crippen molar-refractivity contribution >= 4 is 15.7 Å². The van der Waals surface area contributed by atoms with Crippen molar-refractivity contribution in [1.29, 1.82) is 0 Å². The predicted molar refractivity (Wildman–Crippen MR) is 136 cm³/mol. The second-order valence-electron chi connectivity index (χ2n) is 9.31. The Morgan fingerprint density at radius 2 is 1.54 bits per heavy atom. The van der Waals surface area contributed by atoms with Gasteiger partial charge in [-0.25, -0.2) is 18.4 Å². The SMILES string of the molecule is NS(=O)(=O)c1ccccc1.Nc1ccc(C(c2c(O)c3c(oc2=O)CCCCCC3)C2CC2)cc1. The van der Waals surface area contributed by atoms with Crippen molar-refractivity contribution in [1.82, 2.24) is 0 Å². The Bertz CT molecular complexity index is 1310. The number of anilines is 1. The molecule has 0 spiro atoms. The van der Waals surface area contributed by atoms with Crippen LogP contribution in [0.3, 0.4) is 0 Å². The molecule has 1 aromatic heterocycles. The topological polar surface area (TPSA) is 137 Å². The molecule has 1 unspecified atom stereocenters. The van der Waals surface area contributed by atoms with Gasteiger partial charge in [-0.2, -0.15) is 0 Å². The average Bonchev–Trinajstić information content (AvgIpc) is 3.64. The first-order chi connectivity index (χ1) is 16.8. The van der Waals surface area contributed by atoms with Gasteiger partial charge in [0.2, 0.25) is 10.0 Å². The van der Waals surface area contributed by atoms with Gasteiger partial charge in [0.25, 0.3) is 0 Å². The Kier molecular flexibility index (Phi) is 7.62. The van der Waals surface area contributed by atoms with Crippen molar-refractivity contribution in [2.75, 3.05) is 5.73 Å². The van der Waals surface area contributed by atoms with Gasteiger partial charge in [-0.3, -0.25) is 0 Å². The summed E-state index contributed by atoms with van der Waals surface area (Å²) in [6.07, 6.45) is 8.04. The molecule has 7 nitrogen and oxygen atoms in total. The monoisotopic (exact) mass is 496 g/mol. The van der Waals surface area contributed by atoms with E-state index in [9.17, 15) is 18.3 Å². The first-order valence-corrected chi connectivity index (χ1v) is 13.6. The van der Waals surface area contributed by atoms with Crippen molar-refractivity contribution in [3.63, 3.8) is 0 Å². The number of hydrogen-bond acceptors (Lipinski definition) is 6. The van der Waals surface area contributed by atoms with E-state index >= 15 is 0 Å². The highest BCUT2D eigenvalue weighted by molar-refractivity contribution is 7.89. The molecule has 5 N–H and O–H groups in total. The molecule has 2 aliphatic carbocycles. The molecule has 2 aliphatic rings. The van der Waals surface area contributed by atoms with Crippen LogP contribution in [0, 0.1) is 5.92 Å². The Labute approximate surface area is 205 Å². The van der Waals surface area contributed by atoms with E-state index in [4.69, 9.17) is 15.3 Å². The van der Waals surface area contributed by atoms with Gasteiger partial charge >= 0.3 is 5.63 Å². The van der Waals surface area contributed by atoms with Crippen LogP contribution >= 0.6 is 0 Å². The minimum absolute atomic E-state index is 0.104. The minimum atomic E-state index is -3.50. The molecular formula is C27H32N2O5S. The number of nitrogens with two attached hydrogens (primary N) is 2. The zero-order chi connectivity index (χ0) is 25.0. The summed E-state index contributed by atoms with van der Waals surface area (Å²) < 4.78 is 26.9. The van der Waals surface area contributed by atoms with E-state index in [1.165, 1.54) is 12.1 Å². The number of aromatic hydroxyl groups is 1. The van der Waals surface area contributed by atoms with E-state index in [1.54, 1.807) is 18.2 Å². The number of benzene rings is 2. The fourth-order valence-electron chi connectivity index (χ4n) is 4.71. The Hall–Kier alpha value is -3.10. The number of sulfonamides is 1. The zero-order valence-electron chi connectivity index (χ0n) is 19.7. The third-order valence-corrected chi connectivity index (χ3v) is 7.59. The van der Waals surface area contributed by atoms with E-state index in [0.717, 1.165) is 62.5 Å². The van der Waals surface area contributed by atoms with Crippen LogP contribution in [0.5, 0.6) is 5.75 Å². The molecule has 1 saturated carbocycles. The maximum Gasteiger partial charge on any atom is 0.343 e. The first-order valence-electron chi connectivity index (χ1n) is 12.1. The largest absolute Gasteiger partial charge is 0.507 e. The standard InChI is InChI=1S/C21H25NO3.C6H7NO2S/c22-15-11-9-14(10-12-15)18(13-7-8-13)19-20(23)16-5-3-1-2-4-6-17(16)25-21(19)24;7-10(8,9)6-4-2-1-3-5-6/h9-13,18,23H,1-8,22H2;1-5H,(H2,7,8,9). The van der Waals surface area contributed by atoms with Crippen LogP contribution in [0.2, 0.25) is 0 Å². The minimum Gasteiger partial charge on any atom is -0.507 e. The van der Waals surface area contributed by atoms with Gasteiger partial charge in [0.05, 0.1) is 10.5 Å². The molecule has 0 saturated heterocycles. The molecule has 1 fully saturated rings. The van der Waals surface area contributed by atoms with Gasteiger partial charge in [0.1, 0.15) is 11.5 Å². The molecule has 0 bridgehead atoms. The van der Waals surface area contributed by atoms with Crippen LogP contribution in [0.15, 0.2) is 68.7 Å². The third-order valence-electron chi connectivity index (χ3n) is 6.67. The molecule has 186 valence electrons. The molecule has 0 aliphatic heterocycles. The van der Waals surface area contributed by atoms with E-state index in [0.29, 0.717) is 22.9 Å². The Balaban J connectivity index is 0.000000243. The van der Waals surface area contributed by atoms with Gasteiger partial charge in [-0.1, -0.05) is 43.2 Å². The van der Waals surface area contributed by atoms with E-state index < -0.39 is 10.0 Å². The molecule has 35 heavy (non-hydrogen) atoms. The highest BCUT2D eigenvalue weighted by Gasteiger charge is 2.38. The average molecular weight is 497 g/mol. The lowest BCUT2D eigenvalue weighted by molar-refractivity contribution is 0.382. The Morgan fingerprint density at radius 3 is 2.11 bits per heavy atom. The number of hydrogen-bond donors (Lipinski definition) is 3. The van der Waals surface area contributed by atoms with Gasteiger partial charge in [0, 0.05) is 23.6 Å². The lowest BCUT2D eigenvalue weighted by Crippen LogP contribution is -2.19. The fourth-order valence-corrected chi connectivity index (χ4v) is 5.25. The lowest BCUT2D eigenvalue weighted by atomic mass is 9.85. The molecule has 1 atom stereocenters. The van der Waals surface area contributed by atoms with Crippen molar-refractivity contribution < 1.29 is 17.9 Å². The van der Waals surface area contributed by atoms with Crippen molar-refractivity contribution in [2.45, 2.75) is 62.2 Å². The van der Waals surface area contributed by atoms with Crippen LogP contribution < -0.4 is 16.5 Å². The van der Waals surface area contributed by atoms with Crippen molar-refractivity contribution in [3.8, 4) is 5.75 Å². The maximum atomic E-state index is 12.8. The van der Waals surface area contributed by atoms with Crippen molar-refractivity contribution in [3.05, 3.63) is 87.5 Å². The van der Waals surface area contributed by atoms with Gasteiger partial charge in [-0.15, -0.1) is 0 Å². The molecule has 1 heterocycles. The summed E-state index contributed by atoms with van der Waals surface area (Å²) >= 11 is 0. The smallest absolute Gasteiger partial charge is 0.343 e. The van der Waals surface area contributed by atoms with Gasteiger partial charge in [-0.05, 0) is 67.9 Å². The lowest BCUT2D eigenvalue weighted by Gasteiger charge is -2.21. The number of fused-ring (bicyclic) bond motifs is 1. The molecule has 0 amide bonds. The molecule has 5 rings (SSSR count). The number of primary sulfonamides is 1. The summed E-state index contributed by atoms with van der Waals surface area (Å²) in [5.74, 6) is 1.16. The second kappa shape index (κ2) is 10.7. The van der Waals surface area contributed by atoms with E-state index in [2.05, 4.69) is 0 Å². The molecule has 0 radical (unpaired) electrons. The van der Waals surface area contributed by atoms with Crippen LogP contribution in [0.25, 0.3) is 0 Å². The molecule has 2 aromatic carbocycles. The fraction of sp³-hybridized carbons (Fsp3) is 0.370. The molecule has 8 heteroatoms. The highest BCUT2D eigenvalue weighted by atomic mass is 32.2. The predicted octanol–water partition coefficient (Wildman–Crippen LogP) is 4.46. The Morgan fingerprint density at radius 1 is 0.914 bits per heavy atom. The second-order valence-corrected chi connectivity index (χ2v) is 10.9. The summed E-state index contributed by atoms with van der Waals surface area (Å²) in [7, 11) is -3.50. The van der Waals surface area contributed by atoms with E-state index in [1.807, 2.05) is 24.3 Å². The van der Waals surface area contributed by atoms with Gasteiger partial charge in [0.15, 0.2) is 0 Å². The van der Waals surface area contributed by atoms with Crippen LogP contribution in [-0.4, -0.2) is 13.5 Å². The molecular weight excluding hydrogens is 464 g/mol. The first kappa shape index (κ1) is 25.0. The van der Waals surface area contributed by atoms with Crippen LogP contribution in [0.4, 0.5) is 5.69 Å². The summed E-state index contributed by atoms with van der Waals surface area (Å²) in [6.45, 7) is 0. The number of nitrogen functional groups attached to an aromatic ring is 1.